The van der Waals surface area contributed by atoms with Gasteiger partial charge < -0.3 is 5.32 Å². The topological polar surface area (TPSA) is 46.9 Å². The lowest BCUT2D eigenvalue weighted by Gasteiger charge is -2.11. The van der Waals surface area contributed by atoms with E-state index in [9.17, 15) is 4.79 Å². The van der Waals surface area contributed by atoms with Crippen molar-refractivity contribution in [1.82, 2.24) is 9.78 Å². The van der Waals surface area contributed by atoms with E-state index in [1.54, 1.807) is 6.20 Å². The molecule has 0 aliphatic carbocycles. The van der Waals surface area contributed by atoms with Crippen LogP contribution in [-0.2, 0) is 6.54 Å². The van der Waals surface area contributed by atoms with Crippen LogP contribution in [0.5, 0.6) is 0 Å². The standard InChI is InChI=1S/C20H20ClN3O/c1-14(2)16-8-10-17(11-9-16)24-20(25)19(21)18(13-23-24)22-12-15-6-4-3-5-7-15/h3-11,13-14,22H,12H2,1-2H3. The van der Waals surface area contributed by atoms with Gasteiger partial charge in [0, 0.05) is 6.54 Å². The summed E-state index contributed by atoms with van der Waals surface area (Å²) in [6, 6.07) is 17.7. The van der Waals surface area contributed by atoms with Gasteiger partial charge in [0.15, 0.2) is 0 Å². The number of benzene rings is 2. The molecule has 0 amide bonds. The summed E-state index contributed by atoms with van der Waals surface area (Å²) in [5.74, 6) is 0.437. The summed E-state index contributed by atoms with van der Waals surface area (Å²) in [5.41, 5.74) is 3.21. The second-order valence-electron chi connectivity index (χ2n) is 6.17. The summed E-state index contributed by atoms with van der Waals surface area (Å²) in [6.45, 7) is 4.84. The first kappa shape index (κ1) is 17.2. The first-order valence-electron chi connectivity index (χ1n) is 8.22. The fraction of sp³-hybridized carbons (Fsp3) is 0.200. The Morgan fingerprint density at radius 2 is 1.76 bits per heavy atom. The van der Waals surface area contributed by atoms with Crippen molar-refractivity contribution in [2.75, 3.05) is 5.32 Å². The molecule has 5 heteroatoms. The maximum absolute atomic E-state index is 12.5. The van der Waals surface area contributed by atoms with Crippen molar-refractivity contribution in [1.29, 1.82) is 0 Å². The average molecular weight is 354 g/mol. The molecular weight excluding hydrogens is 334 g/mol. The fourth-order valence-corrected chi connectivity index (χ4v) is 2.73. The molecule has 0 spiro atoms. The molecule has 1 N–H and O–H groups in total. The van der Waals surface area contributed by atoms with Gasteiger partial charge in [-0.05, 0) is 29.2 Å². The highest BCUT2D eigenvalue weighted by atomic mass is 35.5. The number of aromatic nitrogens is 2. The molecule has 0 fully saturated rings. The Balaban J connectivity index is 1.84. The fourth-order valence-electron chi connectivity index (χ4n) is 2.53. The van der Waals surface area contributed by atoms with Gasteiger partial charge in [-0.2, -0.15) is 9.78 Å². The molecule has 0 aliphatic rings. The molecule has 0 aliphatic heterocycles. The number of anilines is 1. The minimum absolute atomic E-state index is 0.138. The van der Waals surface area contributed by atoms with Crippen LogP contribution in [-0.4, -0.2) is 9.78 Å². The van der Waals surface area contributed by atoms with E-state index in [1.165, 1.54) is 10.2 Å². The highest BCUT2D eigenvalue weighted by Gasteiger charge is 2.11. The highest BCUT2D eigenvalue weighted by Crippen LogP contribution is 2.19. The van der Waals surface area contributed by atoms with Gasteiger partial charge in [-0.1, -0.05) is 67.9 Å². The smallest absolute Gasteiger partial charge is 0.292 e. The Labute approximate surface area is 152 Å². The van der Waals surface area contributed by atoms with E-state index in [0.717, 1.165) is 5.56 Å². The molecular formula is C20H20ClN3O. The number of rotatable bonds is 5. The average Bonchev–Trinajstić information content (AvgIpc) is 2.64. The zero-order chi connectivity index (χ0) is 17.8. The molecule has 25 heavy (non-hydrogen) atoms. The number of hydrogen-bond acceptors (Lipinski definition) is 3. The molecule has 0 saturated heterocycles. The van der Waals surface area contributed by atoms with Crippen molar-refractivity contribution in [3.8, 4) is 5.69 Å². The van der Waals surface area contributed by atoms with Crippen LogP contribution in [0, 0.1) is 0 Å². The number of nitrogens with one attached hydrogen (secondary N) is 1. The van der Waals surface area contributed by atoms with Crippen LogP contribution in [0.2, 0.25) is 5.02 Å². The molecule has 1 heterocycles. The van der Waals surface area contributed by atoms with Crippen molar-refractivity contribution >= 4 is 17.3 Å². The number of hydrogen-bond donors (Lipinski definition) is 1. The second kappa shape index (κ2) is 7.53. The summed E-state index contributed by atoms with van der Waals surface area (Å²) in [7, 11) is 0. The molecule has 1 aromatic heterocycles. The van der Waals surface area contributed by atoms with Crippen molar-refractivity contribution in [3.63, 3.8) is 0 Å². The predicted molar refractivity (Wildman–Crippen MR) is 103 cm³/mol. The van der Waals surface area contributed by atoms with Crippen LogP contribution >= 0.6 is 11.6 Å². The predicted octanol–water partition coefficient (Wildman–Crippen LogP) is 4.62. The molecule has 0 unspecified atom stereocenters. The number of nitrogens with zero attached hydrogens (tertiary/aromatic N) is 2. The summed E-state index contributed by atoms with van der Waals surface area (Å²) in [4.78, 5) is 12.5. The van der Waals surface area contributed by atoms with Gasteiger partial charge >= 0.3 is 0 Å². The zero-order valence-corrected chi connectivity index (χ0v) is 15.0. The molecule has 3 rings (SSSR count). The minimum atomic E-state index is -0.336. The van der Waals surface area contributed by atoms with Gasteiger partial charge in [-0.25, -0.2) is 0 Å². The largest absolute Gasteiger partial charge is 0.378 e. The lowest BCUT2D eigenvalue weighted by molar-refractivity contribution is 0.803. The van der Waals surface area contributed by atoms with Gasteiger partial charge in [-0.3, -0.25) is 4.79 Å². The molecule has 3 aromatic rings. The Bertz CT molecular complexity index is 902. The van der Waals surface area contributed by atoms with Crippen molar-refractivity contribution in [3.05, 3.63) is 87.3 Å². The normalized spacial score (nSPS) is 10.9. The van der Waals surface area contributed by atoms with Crippen LogP contribution < -0.4 is 10.9 Å². The summed E-state index contributed by atoms with van der Waals surface area (Å²) < 4.78 is 1.32. The summed E-state index contributed by atoms with van der Waals surface area (Å²) >= 11 is 6.26. The minimum Gasteiger partial charge on any atom is -0.378 e. The molecule has 0 atom stereocenters. The van der Waals surface area contributed by atoms with Gasteiger partial charge in [0.2, 0.25) is 0 Å². The van der Waals surface area contributed by atoms with E-state index in [4.69, 9.17) is 11.6 Å². The van der Waals surface area contributed by atoms with Gasteiger partial charge in [-0.15, -0.1) is 0 Å². The Kier molecular flexibility index (Phi) is 5.19. The van der Waals surface area contributed by atoms with Crippen LogP contribution in [0.25, 0.3) is 5.69 Å². The molecule has 0 radical (unpaired) electrons. The third kappa shape index (κ3) is 3.91. The Morgan fingerprint density at radius 1 is 1.08 bits per heavy atom. The first-order chi connectivity index (χ1) is 12.1. The SMILES string of the molecule is CC(C)c1ccc(-n2ncc(NCc3ccccc3)c(Cl)c2=O)cc1. The quantitative estimate of drug-likeness (QED) is 0.728. The van der Waals surface area contributed by atoms with E-state index in [2.05, 4.69) is 24.3 Å². The molecule has 0 bridgehead atoms. The van der Waals surface area contributed by atoms with E-state index < -0.39 is 0 Å². The van der Waals surface area contributed by atoms with E-state index in [-0.39, 0.29) is 10.6 Å². The Hall–Kier alpha value is -2.59. The maximum atomic E-state index is 12.5. The van der Waals surface area contributed by atoms with Gasteiger partial charge in [0.1, 0.15) is 5.02 Å². The van der Waals surface area contributed by atoms with Crippen molar-refractivity contribution in [2.45, 2.75) is 26.3 Å². The Morgan fingerprint density at radius 3 is 2.40 bits per heavy atom. The van der Waals surface area contributed by atoms with E-state index in [1.807, 2.05) is 54.6 Å². The van der Waals surface area contributed by atoms with Crippen molar-refractivity contribution in [2.24, 2.45) is 0 Å². The van der Waals surface area contributed by atoms with Gasteiger partial charge in [0.25, 0.3) is 5.56 Å². The summed E-state index contributed by atoms with van der Waals surface area (Å²) in [5, 5.41) is 7.56. The third-order valence-corrected chi connectivity index (χ3v) is 4.41. The van der Waals surface area contributed by atoms with Gasteiger partial charge in [0.05, 0.1) is 17.6 Å². The van der Waals surface area contributed by atoms with Crippen LogP contribution in [0.3, 0.4) is 0 Å². The van der Waals surface area contributed by atoms with E-state index >= 15 is 0 Å². The highest BCUT2D eigenvalue weighted by molar-refractivity contribution is 6.32. The number of halogens is 1. The third-order valence-electron chi connectivity index (χ3n) is 4.05. The molecule has 0 saturated carbocycles. The van der Waals surface area contributed by atoms with E-state index in [0.29, 0.717) is 23.8 Å². The maximum Gasteiger partial charge on any atom is 0.292 e. The van der Waals surface area contributed by atoms with Crippen LogP contribution in [0.15, 0.2) is 65.6 Å². The molecule has 2 aromatic carbocycles. The van der Waals surface area contributed by atoms with Crippen molar-refractivity contribution < 1.29 is 0 Å². The summed E-state index contributed by atoms with van der Waals surface area (Å²) in [6.07, 6.45) is 1.59. The lowest BCUT2D eigenvalue weighted by Crippen LogP contribution is -2.22. The zero-order valence-electron chi connectivity index (χ0n) is 14.2. The first-order valence-corrected chi connectivity index (χ1v) is 8.60. The molecule has 4 nitrogen and oxygen atoms in total. The second-order valence-corrected chi connectivity index (χ2v) is 6.55. The van der Waals surface area contributed by atoms with Crippen LogP contribution in [0.4, 0.5) is 5.69 Å². The lowest BCUT2D eigenvalue weighted by atomic mass is 10.0. The molecule has 128 valence electrons. The monoisotopic (exact) mass is 353 g/mol. The van der Waals surface area contributed by atoms with Crippen LogP contribution in [0.1, 0.15) is 30.9 Å².